The summed E-state index contributed by atoms with van der Waals surface area (Å²) in [6.07, 6.45) is 0. The molecule has 2 nitrogen and oxygen atoms in total. The van der Waals surface area contributed by atoms with Crippen LogP contribution in [0.2, 0.25) is 0 Å². The zero-order valence-corrected chi connectivity index (χ0v) is 26.4. The van der Waals surface area contributed by atoms with Gasteiger partial charge in [0, 0.05) is 0 Å². The largest absolute Gasteiger partial charge is 0.495 e. The van der Waals surface area contributed by atoms with Crippen LogP contribution in [-0.2, 0) is 9.31 Å². The van der Waals surface area contributed by atoms with E-state index < -0.39 is 26.2 Å². The van der Waals surface area contributed by atoms with Gasteiger partial charge in [0.15, 0.2) is 0 Å². The van der Waals surface area contributed by atoms with E-state index in [2.05, 4.69) is 161 Å². The Hall–Kier alpha value is -4.01. The lowest BCUT2D eigenvalue weighted by molar-refractivity contribution is 0.00578. The molecule has 1 fully saturated rings. The Bertz CT molecular complexity index is 2070. The second-order valence-electron chi connectivity index (χ2n) is 12.8. The molecular formula is C40H34BO2P. The van der Waals surface area contributed by atoms with Crippen molar-refractivity contribution in [2.24, 2.45) is 0 Å². The summed E-state index contributed by atoms with van der Waals surface area (Å²) >= 11 is 0. The maximum Gasteiger partial charge on any atom is 0.495 e. The summed E-state index contributed by atoms with van der Waals surface area (Å²) in [6, 6.07) is 48.9. The quantitative estimate of drug-likeness (QED) is 0.114. The van der Waals surface area contributed by atoms with Crippen LogP contribution >= 0.6 is 7.92 Å². The third-order valence-corrected chi connectivity index (χ3v) is 12.1. The Morgan fingerprint density at radius 2 is 1.07 bits per heavy atom. The molecule has 8 rings (SSSR count). The van der Waals surface area contributed by atoms with Gasteiger partial charge >= 0.3 is 7.12 Å². The summed E-state index contributed by atoms with van der Waals surface area (Å²) in [7, 11) is -1.33. The standard InChI is InChI=1S/C40H34BO2P/c1-39(2)40(3,4)43-41(42-39)34-26-29-23-22-27-14-13-15-28-24-25-33(37(29)36(27)28)38(34)32-20-11-12-21-35(32)44(30-16-7-5-8-17-30)31-18-9-6-10-19-31/h5-26H,1-4H3. The van der Waals surface area contributed by atoms with Crippen molar-refractivity contribution in [2.75, 3.05) is 0 Å². The zero-order valence-electron chi connectivity index (χ0n) is 25.5. The molecule has 0 bridgehead atoms. The molecule has 1 heterocycles. The molecule has 0 aromatic heterocycles. The second-order valence-corrected chi connectivity index (χ2v) is 15.0. The van der Waals surface area contributed by atoms with E-state index >= 15 is 0 Å². The summed E-state index contributed by atoms with van der Waals surface area (Å²) in [6.45, 7) is 8.54. The Balaban J connectivity index is 1.47. The highest BCUT2D eigenvalue weighted by Crippen LogP contribution is 2.44. The van der Waals surface area contributed by atoms with E-state index in [4.69, 9.17) is 9.31 Å². The molecule has 0 unspecified atom stereocenters. The molecule has 0 aliphatic carbocycles. The first-order valence-electron chi connectivity index (χ1n) is 15.4. The fourth-order valence-electron chi connectivity index (χ4n) is 6.75. The van der Waals surface area contributed by atoms with Crippen LogP contribution in [0.25, 0.3) is 43.4 Å². The van der Waals surface area contributed by atoms with Crippen LogP contribution in [0.3, 0.4) is 0 Å². The molecule has 1 saturated heterocycles. The lowest BCUT2D eigenvalue weighted by Crippen LogP contribution is -2.41. The van der Waals surface area contributed by atoms with Crippen LogP contribution in [0, 0.1) is 0 Å². The normalized spacial score (nSPS) is 16.1. The van der Waals surface area contributed by atoms with E-state index in [1.165, 1.54) is 59.4 Å². The Kier molecular flexibility index (Phi) is 6.43. The van der Waals surface area contributed by atoms with E-state index in [0.717, 1.165) is 5.46 Å². The van der Waals surface area contributed by atoms with Crippen LogP contribution in [0.4, 0.5) is 0 Å². The lowest BCUT2D eigenvalue weighted by Gasteiger charge is -2.32. The van der Waals surface area contributed by atoms with Gasteiger partial charge in [0.25, 0.3) is 0 Å². The van der Waals surface area contributed by atoms with Crippen molar-refractivity contribution < 1.29 is 9.31 Å². The molecular weight excluding hydrogens is 554 g/mol. The maximum absolute atomic E-state index is 6.79. The number of hydrogen-bond acceptors (Lipinski definition) is 2. The predicted octanol–water partition coefficient (Wildman–Crippen LogP) is 8.31. The monoisotopic (exact) mass is 588 g/mol. The molecule has 7 aromatic carbocycles. The van der Waals surface area contributed by atoms with Gasteiger partial charge in [-0.1, -0.05) is 133 Å². The highest BCUT2D eigenvalue weighted by atomic mass is 31.1. The Morgan fingerprint density at radius 1 is 0.523 bits per heavy atom. The van der Waals surface area contributed by atoms with Gasteiger partial charge in [-0.15, -0.1) is 0 Å². The molecule has 0 saturated carbocycles. The molecule has 214 valence electrons. The number of benzene rings is 7. The maximum atomic E-state index is 6.79. The number of hydrogen-bond donors (Lipinski definition) is 0. The highest BCUT2D eigenvalue weighted by Gasteiger charge is 2.52. The minimum Gasteiger partial charge on any atom is -0.399 e. The molecule has 0 N–H and O–H groups in total. The molecule has 0 atom stereocenters. The van der Waals surface area contributed by atoms with Gasteiger partial charge in [0.2, 0.25) is 0 Å². The second kappa shape index (κ2) is 10.3. The molecule has 0 radical (unpaired) electrons. The van der Waals surface area contributed by atoms with Crippen molar-refractivity contribution in [3.8, 4) is 11.1 Å². The average molecular weight is 588 g/mol. The topological polar surface area (TPSA) is 18.5 Å². The molecule has 1 aliphatic heterocycles. The molecule has 7 aromatic rings. The molecule has 1 aliphatic rings. The van der Waals surface area contributed by atoms with Gasteiger partial charge in [-0.05, 0) is 100 Å². The van der Waals surface area contributed by atoms with Crippen molar-refractivity contribution in [3.63, 3.8) is 0 Å². The zero-order chi connectivity index (χ0) is 30.1. The van der Waals surface area contributed by atoms with E-state index in [0.29, 0.717) is 0 Å². The SMILES string of the molecule is CC1(C)OB(c2cc3ccc4cccc5ccc(c2-c2ccccc2P(c2ccccc2)c2ccccc2)c3c45)OC1(C)C. The Labute approximate surface area is 260 Å². The molecule has 4 heteroatoms. The fourth-order valence-corrected chi connectivity index (χ4v) is 9.21. The summed E-state index contributed by atoms with van der Waals surface area (Å²) in [5.41, 5.74) is 2.61. The van der Waals surface area contributed by atoms with Gasteiger partial charge < -0.3 is 9.31 Å². The van der Waals surface area contributed by atoms with Gasteiger partial charge in [-0.2, -0.15) is 0 Å². The van der Waals surface area contributed by atoms with Crippen molar-refractivity contribution in [3.05, 3.63) is 133 Å². The summed E-state index contributed by atoms with van der Waals surface area (Å²) in [5.74, 6) is 0. The van der Waals surface area contributed by atoms with Crippen molar-refractivity contribution in [2.45, 2.75) is 38.9 Å². The van der Waals surface area contributed by atoms with E-state index in [1.807, 2.05) is 0 Å². The minimum absolute atomic E-state index is 0.451. The lowest BCUT2D eigenvalue weighted by atomic mass is 9.71. The van der Waals surface area contributed by atoms with Crippen molar-refractivity contribution >= 4 is 68.7 Å². The van der Waals surface area contributed by atoms with Crippen LogP contribution < -0.4 is 21.4 Å². The molecule has 44 heavy (non-hydrogen) atoms. The van der Waals surface area contributed by atoms with Gasteiger partial charge in [-0.25, -0.2) is 0 Å². The third-order valence-electron chi connectivity index (χ3n) is 9.63. The van der Waals surface area contributed by atoms with Crippen LogP contribution in [0.15, 0.2) is 133 Å². The predicted molar refractivity (Wildman–Crippen MR) is 190 cm³/mol. The fraction of sp³-hybridized carbons (Fsp3) is 0.150. The van der Waals surface area contributed by atoms with Crippen molar-refractivity contribution in [1.29, 1.82) is 0 Å². The third kappa shape index (κ3) is 4.30. The van der Waals surface area contributed by atoms with E-state index in [-0.39, 0.29) is 0 Å². The first-order chi connectivity index (χ1) is 21.3. The van der Waals surface area contributed by atoms with E-state index in [1.54, 1.807) is 0 Å². The van der Waals surface area contributed by atoms with Gasteiger partial charge in [0.1, 0.15) is 0 Å². The first-order valence-corrected chi connectivity index (χ1v) is 16.7. The van der Waals surface area contributed by atoms with Crippen molar-refractivity contribution in [1.82, 2.24) is 0 Å². The smallest absolute Gasteiger partial charge is 0.399 e. The average Bonchev–Trinajstić information content (AvgIpc) is 3.27. The molecule has 0 amide bonds. The Morgan fingerprint density at radius 3 is 1.70 bits per heavy atom. The minimum atomic E-state index is -0.838. The van der Waals surface area contributed by atoms with Gasteiger partial charge in [-0.3, -0.25) is 0 Å². The highest BCUT2D eigenvalue weighted by molar-refractivity contribution is 7.80. The molecule has 0 spiro atoms. The summed E-state index contributed by atoms with van der Waals surface area (Å²) in [5, 5.41) is 11.6. The summed E-state index contributed by atoms with van der Waals surface area (Å²) < 4.78 is 13.6. The first kappa shape index (κ1) is 27.5. The van der Waals surface area contributed by atoms with Crippen LogP contribution in [0.1, 0.15) is 27.7 Å². The van der Waals surface area contributed by atoms with E-state index in [9.17, 15) is 0 Å². The van der Waals surface area contributed by atoms with Crippen LogP contribution in [0.5, 0.6) is 0 Å². The van der Waals surface area contributed by atoms with Gasteiger partial charge in [0.05, 0.1) is 11.2 Å². The van der Waals surface area contributed by atoms with Crippen LogP contribution in [-0.4, -0.2) is 18.3 Å². The summed E-state index contributed by atoms with van der Waals surface area (Å²) in [4.78, 5) is 0. The number of rotatable bonds is 5.